The van der Waals surface area contributed by atoms with Gasteiger partial charge in [-0.05, 0) is 0 Å². The van der Waals surface area contributed by atoms with Gasteiger partial charge in [0.15, 0.2) is 0 Å². The lowest BCUT2D eigenvalue weighted by molar-refractivity contribution is -0.520. The van der Waals surface area contributed by atoms with E-state index in [9.17, 15) is 10.1 Å². The monoisotopic (exact) mass is 165 g/mol. The molecule has 1 saturated heterocycles. The van der Waals surface area contributed by atoms with Gasteiger partial charge in [-0.15, -0.1) is 0 Å². The standard InChI is InChI=1S/C4H8ClN3O2/c5-4-6-1-3(2-7-4)8(9)10/h3-4,6-7H,1-2H2. The highest BCUT2D eigenvalue weighted by Crippen LogP contribution is 1.96. The summed E-state index contributed by atoms with van der Waals surface area (Å²) in [4.78, 5) is 9.83. The highest BCUT2D eigenvalue weighted by Gasteiger charge is 2.25. The Bertz CT molecular complexity index is 134. The van der Waals surface area contributed by atoms with Gasteiger partial charge in [0.25, 0.3) is 0 Å². The van der Waals surface area contributed by atoms with Gasteiger partial charge < -0.3 is 0 Å². The smallest absolute Gasteiger partial charge is 0.237 e. The molecule has 58 valence electrons. The molecule has 1 aliphatic heterocycles. The summed E-state index contributed by atoms with van der Waals surface area (Å²) in [6.45, 7) is 0.683. The van der Waals surface area contributed by atoms with E-state index in [1.807, 2.05) is 0 Å². The van der Waals surface area contributed by atoms with Crippen LogP contribution in [0.15, 0.2) is 0 Å². The number of rotatable bonds is 1. The summed E-state index contributed by atoms with van der Waals surface area (Å²) in [7, 11) is 0. The Morgan fingerprint density at radius 2 is 2.00 bits per heavy atom. The van der Waals surface area contributed by atoms with Crippen molar-refractivity contribution in [1.82, 2.24) is 10.6 Å². The molecular formula is C4H8ClN3O2. The van der Waals surface area contributed by atoms with Crippen molar-refractivity contribution in [2.24, 2.45) is 0 Å². The zero-order valence-electron chi connectivity index (χ0n) is 5.21. The third kappa shape index (κ3) is 1.80. The Labute approximate surface area is 62.9 Å². The van der Waals surface area contributed by atoms with E-state index in [4.69, 9.17) is 11.6 Å². The molecule has 0 atom stereocenters. The Morgan fingerprint density at radius 1 is 1.50 bits per heavy atom. The molecule has 0 saturated carbocycles. The van der Waals surface area contributed by atoms with E-state index >= 15 is 0 Å². The van der Waals surface area contributed by atoms with Gasteiger partial charge in [0, 0.05) is 4.92 Å². The Hall–Kier alpha value is -0.390. The van der Waals surface area contributed by atoms with Crippen molar-refractivity contribution in [3.05, 3.63) is 10.1 Å². The Kier molecular flexibility index (Phi) is 2.42. The molecule has 6 heteroatoms. The van der Waals surface area contributed by atoms with E-state index in [2.05, 4.69) is 10.6 Å². The molecule has 1 heterocycles. The Balaban J connectivity index is 2.33. The molecule has 0 aromatic heterocycles. The number of alkyl halides is 1. The second-order valence-electron chi connectivity index (χ2n) is 2.12. The van der Waals surface area contributed by atoms with Gasteiger partial charge in [0.2, 0.25) is 6.04 Å². The number of nitrogens with zero attached hydrogens (tertiary/aromatic N) is 1. The molecule has 0 radical (unpaired) electrons. The summed E-state index contributed by atoms with van der Waals surface area (Å²) in [5, 5.41) is 15.6. The van der Waals surface area contributed by atoms with Gasteiger partial charge in [0.05, 0.1) is 13.1 Å². The first-order valence-corrected chi connectivity index (χ1v) is 3.38. The molecular weight excluding hydrogens is 158 g/mol. The number of nitrogens with one attached hydrogen (secondary N) is 2. The van der Waals surface area contributed by atoms with Crippen LogP contribution in [0.1, 0.15) is 0 Å². The van der Waals surface area contributed by atoms with Gasteiger partial charge in [-0.3, -0.25) is 20.7 Å². The van der Waals surface area contributed by atoms with Crippen molar-refractivity contribution >= 4 is 11.6 Å². The summed E-state index contributed by atoms with van der Waals surface area (Å²) >= 11 is 5.54. The lowest BCUT2D eigenvalue weighted by atomic mass is 10.3. The van der Waals surface area contributed by atoms with E-state index in [1.165, 1.54) is 0 Å². The van der Waals surface area contributed by atoms with E-state index in [0.717, 1.165) is 0 Å². The fourth-order valence-corrected chi connectivity index (χ4v) is 0.951. The molecule has 0 amide bonds. The normalized spacial score (nSPS) is 33.7. The van der Waals surface area contributed by atoms with Crippen LogP contribution in [-0.4, -0.2) is 29.7 Å². The number of halogens is 1. The lowest BCUT2D eigenvalue weighted by Crippen LogP contribution is -2.54. The average Bonchev–Trinajstić information content (AvgIpc) is 1.88. The zero-order chi connectivity index (χ0) is 7.56. The van der Waals surface area contributed by atoms with Crippen LogP contribution in [0.5, 0.6) is 0 Å². The molecule has 0 spiro atoms. The minimum Gasteiger partial charge on any atom is -0.282 e. The molecule has 0 aromatic carbocycles. The molecule has 2 N–H and O–H groups in total. The van der Waals surface area contributed by atoms with Gasteiger partial charge >= 0.3 is 0 Å². The first kappa shape index (κ1) is 7.71. The first-order valence-electron chi connectivity index (χ1n) is 2.94. The lowest BCUT2D eigenvalue weighted by Gasteiger charge is -2.21. The number of nitro groups is 1. The van der Waals surface area contributed by atoms with Crippen LogP contribution in [0, 0.1) is 10.1 Å². The van der Waals surface area contributed by atoms with Crippen LogP contribution >= 0.6 is 11.6 Å². The first-order chi connectivity index (χ1) is 4.70. The third-order valence-electron chi connectivity index (χ3n) is 1.36. The van der Waals surface area contributed by atoms with Crippen LogP contribution in [0.25, 0.3) is 0 Å². The summed E-state index contributed by atoms with van der Waals surface area (Å²) in [6, 6.07) is -0.546. The van der Waals surface area contributed by atoms with Crippen LogP contribution < -0.4 is 10.6 Å². The quantitative estimate of drug-likeness (QED) is 0.235. The van der Waals surface area contributed by atoms with E-state index in [1.54, 1.807) is 0 Å². The SMILES string of the molecule is O=[N+]([O-])C1CNC(Cl)NC1. The van der Waals surface area contributed by atoms with Gasteiger partial charge in [-0.2, -0.15) is 0 Å². The largest absolute Gasteiger partial charge is 0.282 e. The molecule has 0 bridgehead atoms. The highest BCUT2D eigenvalue weighted by atomic mass is 35.5. The van der Waals surface area contributed by atoms with E-state index in [0.29, 0.717) is 13.1 Å². The fraction of sp³-hybridized carbons (Fsp3) is 1.00. The second kappa shape index (κ2) is 3.14. The molecule has 10 heavy (non-hydrogen) atoms. The molecule has 0 aromatic rings. The summed E-state index contributed by atoms with van der Waals surface area (Å²) in [5.41, 5.74) is -0.323. The van der Waals surface area contributed by atoms with E-state index in [-0.39, 0.29) is 10.5 Å². The Morgan fingerprint density at radius 3 is 2.40 bits per heavy atom. The van der Waals surface area contributed by atoms with Crippen LogP contribution in [0.4, 0.5) is 0 Å². The molecule has 5 nitrogen and oxygen atoms in total. The van der Waals surface area contributed by atoms with Crippen molar-refractivity contribution in [3.8, 4) is 0 Å². The van der Waals surface area contributed by atoms with Crippen LogP contribution in [0.3, 0.4) is 0 Å². The van der Waals surface area contributed by atoms with Crippen molar-refractivity contribution in [2.45, 2.75) is 11.7 Å². The summed E-state index contributed by atoms with van der Waals surface area (Å²) in [6.07, 6.45) is 0. The van der Waals surface area contributed by atoms with Crippen LogP contribution in [0.2, 0.25) is 0 Å². The van der Waals surface area contributed by atoms with Gasteiger partial charge in [0.1, 0.15) is 5.62 Å². The highest BCUT2D eigenvalue weighted by molar-refractivity contribution is 6.20. The molecule has 1 rings (SSSR count). The van der Waals surface area contributed by atoms with Crippen LogP contribution in [-0.2, 0) is 0 Å². The van der Waals surface area contributed by atoms with Gasteiger partial charge in [-0.25, -0.2) is 0 Å². The number of hydrogen-bond acceptors (Lipinski definition) is 4. The maximum atomic E-state index is 10.1. The van der Waals surface area contributed by atoms with Gasteiger partial charge in [-0.1, -0.05) is 11.6 Å². The molecule has 0 unspecified atom stereocenters. The molecule has 1 fully saturated rings. The topological polar surface area (TPSA) is 67.2 Å². The number of hydrogen-bond donors (Lipinski definition) is 2. The summed E-state index contributed by atoms with van der Waals surface area (Å²) < 4.78 is 0. The minimum absolute atomic E-state index is 0.317. The maximum Gasteiger partial charge on any atom is 0.237 e. The maximum absolute atomic E-state index is 10.1. The van der Waals surface area contributed by atoms with Crippen molar-refractivity contribution in [2.75, 3.05) is 13.1 Å². The van der Waals surface area contributed by atoms with Crippen molar-refractivity contribution in [1.29, 1.82) is 0 Å². The zero-order valence-corrected chi connectivity index (χ0v) is 5.97. The minimum atomic E-state index is -0.546. The van der Waals surface area contributed by atoms with Crippen molar-refractivity contribution in [3.63, 3.8) is 0 Å². The van der Waals surface area contributed by atoms with E-state index < -0.39 is 6.04 Å². The second-order valence-corrected chi connectivity index (χ2v) is 2.55. The fourth-order valence-electron chi connectivity index (χ4n) is 0.772. The summed E-state index contributed by atoms with van der Waals surface area (Å²) in [5.74, 6) is 0. The predicted octanol–water partition coefficient (Wildman–Crippen LogP) is -0.653. The molecule has 1 aliphatic rings. The average molecular weight is 166 g/mol. The third-order valence-corrected chi connectivity index (χ3v) is 1.67. The molecule has 0 aliphatic carbocycles. The van der Waals surface area contributed by atoms with Crippen molar-refractivity contribution < 1.29 is 4.92 Å². The predicted molar refractivity (Wildman–Crippen MR) is 36.4 cm³/mol.